The Bertz CT molecular complexity index is 891. The molecule has 2 atom stereocenters. The van der Waals surface area contributed by atoms with E-state index in [9.17, 15) is 0 Å². The van der Waals surface area contributed by atoms with Crippen molar-refractivity contribution in [1.82, 2.24) is 0 Å². The zero-order valence-electron chi connectivity index (χ0n) is 15.5. The van der Waals surface area contributed by atoms with Gasteiger partial charge in [-0.1, -0.05) is 47.8 Å². The van der Waals surface area contributed by atoms with Gasteiger partial charge in [-0.15, -0.1) is 11.3 Å². The number of likely N-dealkylation sites (N-methyl/N-ethyl adjacent to an activating group) is 2. The molecule has 0 saturated heterocycles. The predicted molar refractivity (Wildman–Crippen MR) is 121 cm³/mol. The van der Waals surface area contributed by atoms with E-state index >= 15 is 0 Å². The fourth-order valence-electron chi connectivity index (χ4n) is 3.80. The van der Waals surface area contributed by atoms with E-state index in [1.165, 1.54) is 30.9 Å². The Labute approximate surface area is 173 Å². The summed E-state index contributed by atoms with van der Waals surface area (Å²) in [7, 11) is 4.44. The van der Waals surface area contributed by atoms with Gasteiger partial charge in [0.25, 0.3) is 0 Å². The molecular weight excluding hydrogens is 388 g/mol. The van der Waals surface area contributed by atoms with Crippen LogP contribution in [0.2, 0.25) is 0 Å². The first kappa shape index (κ1) is 17.5. The molecule has 27 heavy (non-hydrogen) atoms. The van der Waals surface area contributed by atoms with E-state index in [0.717, 1.165) is 12.8 Å². The lowest BCUT2D eigenvalue weighted by Gasteiger charge is -2.21. The number of fused-ring (bicyclic) bond motifs is 2. The maximum absolute atomic E-state index is 2.43. The standard InChI is InChI=1S/C22H22N2S3/c1-23-17-7-3-5-9-19(17)26-21(23)13-15-11-12-16(25-15)14-22-24(2)18-8-4-6-10-20(18)27-22/h3-12,21-22H,13-14H2,1-2H3. The summed E-state index contributed by atoms with van der Waals surface area (Å²) in [4.78, 5) is 10.6. The highest BCUT2D eigenvalue weighted by molar-refractivity contribution is 8.00. The SMILES string of the molecule is CN1c2ccccc2SC1Cc1ccc(CC2Sc3ccccc3N2C)s1. The minimum absolute atomic E-state index is 0.502. The van der Waals surface area contributed by atoms with E-state index in [4.69, 9.17) is 0 Å². The Morgan fingerprint density at radius 1 is 0.667 bits per heavy atom. The first-order valence-electron chi connectivity index (χ1n) is 9.23. The molecule has 0 aliphatic carbocycles. The van der Waals surface area contributed by atoms with Crippen LogP contribution in [0.3, 0.4) is 0 Å². The van der Waals surface area contributed by atoms with Crippen LogP contribution in [-0.2, 0) is 12.8 Å². The average molecular weight is 411 g/mol. The lowest BCUT2D eigenvalue weighted by Crippen LogP contribution is -2.26. The third kappa shape index (κ3) is 3.26. The smallest absolute Gasteiger partial charge is 0.0842 e. The number of nitrogens with zero attached hydrogens (tertiary/aromatic N) is 2. The van der Waals surface area contributed by atoms with Gasteiger partial charge in [0.1, 0.15) is 0 Å². The van der Waals surface area contributed by atoms with Gasteiger partial charge in [0.2, 0.25) is 0 Å². The third-order valence-corrected chi connectivity index (χ3v) is 9.19. The van der Waals surface area contributed by atoms with Crippen LogP contribution in [-0.4, -0.2) is 24.8 Å². The molecule has 2 nitrogen and oxygen atoms in total. The summed E-state index contributed by atoms with van der Waals surface area (Å²) in [5.41, 5.74) is 2.73. The topological polar surface area (TPSA) is 6.48 Å². The highest BCUT2D eigenvalue weighted by atomic mass is 32.2. The number of para-hydroxylation sites is 2. The number of hydrogen-bond acceptors (Lipinski definition) is 5. The predicted octanol–water partition coefficient (Wildman–Crippen LogP) is 5.97. The molecule has 2 aliphatic rings. The van der Waals surface area contributed by atoms with Gasteiger partial charge in [-0.2, -0.15) is 0 Å². The van der Waals surface area contributed by atoms with Gasteiger partial charge in [0.05, 0.1) is 22.1 Å². The highest BCUT2D eigenvalue weighted by Gasteiger charge is 2.29. The van der Waals surface area contributed by atoms with Crippen LogP contribution in [0.1, 0.15) is 9.75 Å². The van der Waals surface area contributed by atoms with Gasteiger partial charge in [-0.25, -0.2) is 0 Å². The van der Waals surface area contributed by atoms with Crippen LogP contribution >= 0.6 is 34.9 Å². The second-order valence-corrected chi connectivity index (χ2v) is 10.8. The van der Waals surface area contributed by atoms with Crippen molar-refractivity contribution in [2.24, 2.45) is 0 Å². The Kier molecular flexibility index (Phi) is 4.62. The second-order valence-electron chi connectivity index (χ2n) is 7.08. The number of benzene rings is 2. The number of thioether (sulfide) groups is 2. The van der Waals surface area contributed by atoms with Gasteiger partial charge < -0.3 is 9.80 Å². The van der Waals surface area contributed by atoms with Crippen molar-refractivity contribution in [2.75, 3.05) is 23.9 Å². The number of thiophene rings is 1. The molecular formula is C22H22N2S3. The van der Waals surface area contributed by atoms with Crippen molar-refractivity contribution in [1.29, 1.82) is 0 Å². The molecule has 3 heterocycles. The largest absolute Gasteiger partial charge is 0.361 e. The lowest BCUT2D eigenvalue weighted by molar-refractivity contribution is 0.842. The molecule has 5 heteroatoms. The van der Waals surface area contributed by atoms with Crippen LogP contribution in [0.4, 0.5) is 11.4 Å². The normalized spacial score (nSPS) is 20.8. The summed E-state index contributed by atoms with van der Waals surface area (Å²) in [5.74, 6) is 0. The van der Waals surface area contributed by atoms with Crippen molar-refractivity contribution >= 4 is 46.2 Å². The van der Waals surface area contributed by atoms with Crippen molar-refractivity contribution in [2.45, 2.75) is 33.4 Å². The maximum Gasteiger partial charge on any atom is 0.0842 e. The lowest BCUT2D eigenvalue weighted by atomic mass is 10.2. The van der Waals surface area contributed by atoms with E-state index in [1.807, 2.05) is 34.9 Å². The molecule has 0 radical (unpaired) electrons. The Balaban J connectivity index is 1.25. The van der Waals surface area contributed by atoms with Crippen molar-refractivity contribution in [3.05, 3.63) is 70.4 Å². The molecule has 5 rings (SSSR count). The quantitative estimate of drug-likeness (QED) is 0.522. The third-order valence-electron chi connectivity index (χ3n) is 5.35. The fraction of sp³-hybridized carbons (Fsp3) is 0.273. The van der Waals surface area contributed by atoms with Crippen LogP contribution in [0.25, 0.3) is 0 Å². The monoisotopic (exact) mass is 410 g/mol. The van der Waals surface area contributed by atoms with Crippen LogP contribution in [0.5, 0.6) is 0 Å². The van der Waals surface area contributed by atoms with Crippen LogP contribution < -0.4 is 9.80 Å². The van der Waals surface area contributed by atoms with Crippen LogP contribution in [0, 0.1) is 0 Å². The average Bonchev–Trinajstić information content (AvgIpc) is 3.35. The minimum atomic E-state index is 0.502. The molecule has 0 amide bonds. The Morgan fingerprint density at radius 3 is 1.56 bits per heavy atom. The molecule has 0 fully saturated rings. The summed E-state index contributed by atoms with van der Waals surface area (Å²) in [6.07, 6.45) is 2.21. The summed E-state index contributed by atoms with van der Waals surface area (Å²) < 4.78 is 0. The molecule has 1 aromatic heterocycles. The second kappa shape index (κ2) is 7.12. The molecule has 3 aromatic rings. The van der Waals surface area contributed by atoms with E-state index in [0.29, 0.717) is 10.7 Å². The summed E-state index contributed by atoms with van der Waals surface area (Å²) >= 11 is 5.98. The molecule has 0 bridgehead atoms. The van der Waals surface area contributed by atoms with E-state index < -0.39 is 0 Å². The Morgan fingerprint density at radius 2 is 1.11 bits per heavy atom. The van der Waals surface area contributed by atoms with Crippen molar-refractivity contribution in [3.63, 3.8) is 0 Å². The van der Waals surface area contributed by atoms with E-state index in [1.54, 1.807) is 0 Å². The van der Waals surface area contributed by atoms with Crippen molar-refractivity contribution in [3.8, 4) is 0 Å². The summed E-state index contributed by atoms with van der Waals surface area (Å²) in [6, 6.07) is 22.2. The first-order chi connectivity index (χ1) is 13.2. The van der Waals surface area contributed by atoms with Gasteiger partial charge >= 0.3 is 0 Å². The van der Waals surface area contributed by atoms with Crippen LogP contribution in [0.15, 0.2) is 70.5 Å². The molecule has 0 N–H and O–H groups in total. The van der Waals surface area contributed by atoms with E-state index in [2.05, 4.69) is 84.6 Å². The zero-order valence-corrected chi connectivity index (χ0v) is 17.9. The molecule has 2 aliphatic heterocycles. The van der Waals surface area contributed by atoms with Gasteiger partial charge in [0.15, 0.2) is 0 Å². The number of hydrogen-bond donors (Lipinski definition) is 0. The number of rotatable bonds is 4. The zero-order chi connectivity index (χ0) is 18.4. The van der Waals surface area contributed by atoms with Gasteiger partial charge in [-0.3, -0.25) is 0 Å². The minimum Gasteiger partial charge on any atom is -0.361 e. The maximum atomic E-state index is 2.43. The number of anilines is 2. The molecule has 138 valence electrons. The Hall–Kier alpha value is -1.56. The van der Waals surface area contributed by atoms with Gasteiger partial charge in [0, 0.05) is 46.5 Å². The highest BCUT2D eigenvalue weighted by Crippen LogP contribution is 2.45. The molecule has 2 aromatic carbocycles. The summed E-state index contributed by atoms with van der Waals surface area (Å²) in [6.45, 7) is 0. The van der Waals surface area contributed by atoms with Crippen molar-refractivity contribution < 1.29 is 0 Å². The summed E-state index contributed by atoms with van der Waals surface area (Å²) in [5, 5.41) is 1.00. The molecule has 0 saturated carbocycles. The molecule has 2 unspecified atom stereocenters. The van der Waals surface area contributed by atoms with Gasteiger partial charge in [-0.05, 0) is 36.4 Å². The first-order valence-corrected chi connectivity index (χ1v) is 11.8. The van der Waals surface area contributed by atoms with E-state index in [-0.39, 0.29) is 0 Å². The molecule has 0 spiro atoms. The fourth-order valence-corrected chi connectivity index (χ4v) is 7.74.